The van der Waals surface area contributed by atoms with Gasteiger partial charge < -0.3 is 10.4 Å². The number of nitrogens with one attached hydrogen (secondary N) is 1. The van der Waals surface area contributed by atoms with Crippen molar-refractivity contribution >= 4 is 17.6 Å². The zero-order valence-corrected chi connectivity index (χ0v) is 14.6. The van der Waals surface area contributed by atoms with Gasteiger partial charge in [-0.15, -0.1) is 0 Å². The van der Waals surface area contributed by atoms with Crippen LogP contribution in [0, 0.1) is 13.8 Å². The van der Waals surface area contributed by atoms with Crippen LogP contribution in [0.4, 0.5) is 5.69 Å². The number of carbonyl (C=O) groups is 2. The number of carboxylic acids is 1. The van der Waals surface area contributed by atoms with Crippen LogP contribution in [-0.2, 0) is 21.4 Å². The summed E-state index contributed by atoms with van der Waals surface area (Å²) in [5.41, 5.74) is 4.75. The molecule has 2 aromatic rings. The quantitative estimate of drug-likeness (QED) is 0.837. The van der Waals surface area contributed by atoms with Crippen LogP contribution >= 0.6 is 0 Å². The first-order chi connectivity index (χ1) is 11.9. The van der Waals surface area contributed by atoms with Crippen molar-refractivity contribution in [3.8, 4) is 0 Å². The number of rotatable bonds is 6. The number of amides is 1. The number of hydrogen-bond acceptors (Lipinski definition) is 2. The highest BCUT2D eigenvalue weighted by Gasteiger charge is 2.51. The van der Waals surface area contributed by atoms with Crippen molar-refractivity contribution in [2.45, 2.75) is 44.9 Å². The van der Waals surface area contributed by atoms with Crippen molar-refractivity contribution < 1.29 is 14.7 Å². The first-order valence-electron chi connectivity index (χ1n) is 8.60. The highest BCUT2D eigenvalue weighted by atomic mass is 16.4. The van der Waals surface area contributed by atoms with Gasteiger partial charge in [0.25, 0.3) is 0 Å². The predicted molar refractivity (Wildman–Crippen MR) is 97.9 cm³/mol. The third-order valence-corrected chi connectivity index (χ3v) is 4.80. The molecule has 0 bridgehead atoms. The Kier molecular flexibility index (Phi) is 4.62. The second kappa shape index (κ2) is 6.71. The molecule has 1 aliphatic carbocycles. The minimum atomic E-state index is -0.804. The second-order valence-corrected chi connectivity index (χ2v) is 7.00. The van der Waals surface area contributed by atoms with E-state index in [0.29, 0.717) is 6.42 Å². The first kappa shape index (κ1) is 17.2. The van der Waals surface area contributed by atoms with E-state index in [2.05, 4.69) is 37.4 Å². The Labute approximate surface area is 147 Å². The first-order valence-corrected chi connectivity index (χ1v) is 8.60. The van der Waals surface area contributed by atoms with Gasteiger partial charge in [-0.3, -0.25) is 9.59 Å². The fraction of sp³-hybridized carbons (Fsp3) is 0.333. The smallest absolute Gasteiger partial charge is 0.303 e. The summed E-state index contributed by atoms with van der Waals surface area (Å²) in [6.07, 6.45) is 2.36. The van der Waals surface area contributed by atoms with E-state index < -0.39 is 11.4 Å². The molecular formula is C21H23NO3. The van der Waals surface area contributed by atoms with Crippen LogP contribution in [0.5, 0.6) is 0 Å². The Morgan fingerprint density at radius 1 is 1.04 bits per heavy atom. The summed E-state index contributed by atoms with van der Waals surface area (Å²) in [7, 11) is 0. The van der Waals surface area contributed by atoms with E-state index in [0.717, 1.165) is 29.7 Å². The van der Waals surface area contributed by atoms with E-state index in [4.69, 9.17) is 5.11 Å². The number of benzene rings is 2. The molecule has 1 saturated carbocycles. The fourth-order valence-electron chi connectivity index (χ4n) is 3.28. The summed E-state index contributed by atoms with van der Waals surface area (Å²) >= 11 is 0. The third-order valence-electron chi connectivity index (χ3n) is 4.80. The Hall–Kier alpha value is -2.62. The molecule has 4 nitrogen and oxygen atoms in total. The van der Waals surface area contributed by atoms with Crippen LogP contribution in [0.2, 0.25) is 0 Å². The van der Waals surface area contributed by atoms with Crippen molar-refractivity contribution in [1.82, 2.24) is 0 Å². The molecule has 0 heterocycles. The fourth-order valence-corrected chi connectivity index (χ4v) is 3.28. The molecule has 1 fully saturated rings. The van der Waals surface area contributed by atoms with Crippen LogP contribution < -0.4 is 5.32 Å². The van der Waals surface area contributed by atoms with Gasteiger partial charge in [-0.2, -0.15) is 0 Å². The summed E-state index contributed by atoms with van der Waals surface area (Å²) in [5.74, 6) is -0.766. The zero-order chi connectivity index (χ0) is 18.0. The molecule has 4 heteroatoms. The molecule has 1 aliphatic rings. The number of anilines is 1. The van der Waals surface area contributed by atoms with Crippen LogP contribution in [0.3, 0.4) is 0 Å². The zero-order valence-electron chi connectivity index (χ0n) is 14.6. The van der Waals surface area contributed by atoms with Crippen LogP contribution in [0.15, 0.2) is 42.5 Å². The standard InChI is InChI=1S/C21H23NO3/c1-14-11-15(2)13-17(12-14)21(9-10-21)20(25)22-18-6-3-16(4-7-18)5-8-19(23)24/h3-4,6-7,11-13H,5,8-10H2,1-2H3,(H,22,25)(H,23,24). The SMILES string of the molecule is Cc1cc(C)cc(C2(C(=O)Nc3ccc(CCC(=O)O)cc3)CC2)c1. The summed E-state index contributed by atoms with van der Waals surface area (Å²) < 4.78 is 0. The molecule has 25 heavy (non-hydrogen) atoms. The van der Waals surface area contributed by atoms with E-state index in [1.807, 2.05) is 24.3 Å². The van der Waals surface area contributed by atoms with Crippen LogP contribution in [-0.4, -0.2) is 17.0 Å². The van der Waals surface area contributed by atoms with E-state index >= 15 is 0 Å². The highest BCUT2D eigenvalue weighted by molar-refractivity contribution is 6.01. The maximum Gasteiger partial charge on any atom is 0.303 e. The molecule has 0 atom stereocenters. The molecule has 0 radical (unpaired) electrons. The molecule has 2 N–H and O–H groups in total. The van der Waals surface area contributed by atoms with Gasteiger partial charge >= 0.3 is 5.97 Å². The summed E-state index contributed by atoms with van der Waals surface area (Å²) in [5, 5.41) is 11.8. The van der Waals surface area contributed by atoms with E-state index in [1.165, 1.54) is 11.1 Å². The predicted octanol–water partition coefficient (Wildman–Crippen LogP) is 3.99. The average molecular weight is 337 g/mol. The van der Waals surface area contributed by atoms with Crippen molar-refractivity contribution in [2.75, 3.05) is 5.32 Å². The van der Waals surface area contributed by atoms with Gasteiger partial charge in [-0.1, -0.05) is 41.5 Å². The largest absolute Gasteiger partial charge is 0.481 e. The third kappa shape index (κ3) is 3.90. The van der Waals surface area contributed by atoms with Crippen molar-refractivity contribution in [3.05, 3.63) is 64.7 Å². The van der Waals surface area contributed by atoms with Gasteiger partial charge in [-0.25, -0.2) is 0 Å². The Balaban J connectivity index is 1.70. The van der Waals surface area contributed by atoms with Crippen LogP contribution in [0.25, 0.3) is 0 Å². The minimum absolute atomic E-state index is 0.0378. The van der Waals surface area contributed by atoms with Gasteiger partial charge in [0.2, 0.25) is 5.91 Å². The number of aliphatic carboxylic acids is 1. The lowest BCUT2D eigenvalue weighted by Gasteiger charge is -2.17. The highest BCUT2D eigenvalue weighted by Crippen LogP contribution is 2.49. The van der Waals surface area contributed by atoms with Crippen molar-refractivity contribution in [3.63, 3.8) is 0 Å². The van der Waals surface area contributed by atoms with E-state index in [9.17, 15) is 9.59 Å². The molecule has 0 aliphatic heterocycles. The van der Waals surface area contributed by atoms with E-state index in [-0.39, 0.29) is 12.3 Å². The van der Waals surface area contributed by atoms with E-state index in [1.54, 1.807) is 0 Å². The molecule has 3 rings (SSSR count). The Morgan fingerprint density at radius 3 is 2.16 bits per heavy atom. The monoisotopic (exact) mass is 337 g/mol. The molecule has 130 valence electrons. The summed E-state index contributed by atoms with van der Waals surface area (Å²) in [6.45, 7) is 4.11. The normalized spacial score (nSPS) is 14.8. The Bertz CT molecular complexity index is 784. The molecule has 0 spiro atoms. The van der Waals surface area contributed by atoms with Gasteiger partial charge in [0.15, 0.2) is 0 Å². The lowest BCUT2D eigenvalue weighted by molar-refractivity contribution is -0.137. The number of carbonyl (C=O) groups excluding carboxylic acids is 1. The average Bonchev–Trinajstić information content (AvgIpc) is 3.35. The maximum absolute atomic E-state index is 12.8. The number of aryl methyl sites for hydroxylation is 3. The van der Waals surface area contributed by atoms with Crippen molar-refractivity contribution in [1.29, 1.82) is 0 Å². The molecule has 0 saturated heterocycles. The topological polar surface area (TPSA) is 66.4 Å². The van der Waals surface area contributed by atoms with Gasteiger partial charge in [0, 0.05) is 12.1 Å². The molecule has 1 amide bonds. The Morgan fingerprint density at radius 2 is 1.64 bits per heavy atom. The minimum Gasteiger partial charge on any atom is -0.481 e. The molecular weight excluding hydrogens is 314 g/mol. The molecule has 0 aromatic heterocycles. The van der Waals surface area contributed by atoms with Crippen LogP contribution in [0.1, 0.15) is 41.5 Å². The summed E-state index contributed by atoms with van der Waals surface area (Å²) in [4.78, 5) is 23.5. The van der Waals surface area contributed by atoms with Gasteiger partial charge in [-0.05, 0) is 56.4 Å². The lowest BCUT2D eigenvalue weighted by Crippen LogP contribution is -2.28. The maximum atomic E-state index is 12.8. The van der Waals surface area contributed by atoms with Crippen molar-refractivity contribution in [2.24, 2.45) is 0 Å². The van der Waals surface area contributed by atoms with Gasteiger partial charge in [0.05, 0.1) is 5.41 Å². The number of carboxylic acid groups (broad SMARTS) is 1. The van der Waals surface area contributed by atoms with Gasteiger partial charge in [0.1, 0.15) is 0 Å². The summed E-state index contributed by atoms with van der Waals surface area (Å²) in [6, 6.07) is 13.7. The molecule has 2 aromatic carbocycles. The second-order valence-electron chi connectivity index (χ2n) is 7.00. The molecule has 0 unspecified atom stereocenters. The number of hydrogen-bond donors (Lipinski definition) is 2. The lowest BCUT2D eigenvalue weighted by atomic mass is 9.92.